The summed E-state index contributed by atoms with van der Waals surface area (Å²) in [5, 5.41) is 3.25. The van der Waals surface area contributed by atoms with E-state index in [1.165, 1.54) is 27.8 Å². The van der Waals surface area contributed by atoms with Crippen LogP contribution in [0.3, 0.4) is 0 Å². The molecule has 1 aromatic carbocycles. The van der Waals surface area contributed by atoms with E-state index in [1.807, 2.05) is 12.4 Å². The lowest BCUT2D eigenvalue weighted by Crippen LogP contribution is -2.26. The quantitative estimate of drug-likeness (QED) is 0.943. The lowest BCUT2D eigenvalue weighted by molar-refractivity contribution is 0.332. The third-order valence-electron chi connectivity index (χ3n) is 3.78. The van der Waals surface area contributed by atoms with Crippen LogP contribution in [-0.4, -0.2) is 30.7 Å². The van der Waals surface area contributed by atoms with Crippen LogP contribution >= 0.6 is 0 Å². The highest BCUT2D eigenvalue weighted by molar-refractivity contribution is 5.75. The third-order valence-corrected chi connectivity index (χ3v) is 3.78. The van der Waals surface area contributed by atoms with E-state index in [0.29, 0.717) is 12.6 Å². The summed E-state index contributed by atoms with van der Waals surface area (Å²) in [4.78, 5) is 8.58. The highest BCUT2D eigenvalue weighted by Crippen LogP contribution is 2.27. The van der Waals surface area contributed by atoms with E-state index in [9.17, 15) is 0 Å². The monoisotopic (exact) mass is 295 g/mol. The van der Waals surface area contributed by atoms with Gasteiger partial charge in [0.2, 0.25) is 0 Å². The predicted molar refractivity (Wildman–Crippen MR) is 89.1 cm³/mol. The zero-order valence-electron chi connectivity index (χ0n) is 13.1. The molecule has 114 valence electrons. The van der Waals surface area contributed by atoms with E-state index in [0.717, 1.165) is 19.5 Å². The standard InChI is InChI=1S/C18H21N3O/c1-13-10-16(12-19-11-13)17-14(2)4-3-5-15(17)6-7-20-18-21-8-9-22-18/h3-5,10-12H,6-9H2,1-2H3,(H,20,21). The maximum Gasteiger partial charge on any atom is 0.284 e. The molecule has 1 aliphatic rings. The van der Waals surface area contributed by atoms with Crippen molar-refractivity contribution in [3.8, 4) is 11.1 Å². The number of rotatable bonds is 4. The lowest BCUT2D eigenvalue weighted by Gasteiger charge is -2.14. The molecule has 3 rings (SSSR count). The van der Waals surface area contributed by atoms with Crippen LogP contribution in [0.4, 0.5) is 0 Å². The summed E-state index contributed by atoms with van der Waals surface area (Å²) in [7, 11) is 0. The minimum absolute atomic E-state index is 0.673. The van der Waals surface area contributed by atoms with Gasteiger partial charge in [-0.05, 0) is 48.6 Å². The first-order valence-corrected chi connectivity index (χ1v) is 7.65. The molecule has 4 nitrogen and oxygen atoms in total. The van der Waals surface area contributed by atoms with E-state index in [1.54, 1.807) is 0 Å². The normalized spacial score (nSPS) is 13.6. The Bertz CT molecular complexity index is 694. The molecule has 0 saturated heterocycles. The van der Waals surface area contributed by atoms with Crippen LogP contribution in [0.25, 0.3) is 11.1 Å². The Morgan fingerprint density at radius 2 is 2.14 bits per heavy atom. The predicted octanol–water partition coefficient (Wildman–Crippen LogP) is 2.88. The van der Waals surface area contributed by atoms with Gasteiger partial charge in [-0.3, -0.25) is 4.98 Å². The van der Waals surface area contributed by atoms with Gasteiger partial charge in [-0.25, -0.2) is 4.99 Å². The molecule has 1 aliphatic heterocycles. The van der Waals surface area contributed by atoms with Gasteiger partial charge in [0, 0.05) is 24.5 Å². The van der Waals surface area contributed by atoms with Crippen LogP contribution in [0.1, 0.15) is 16.7 Å². The van der Waals surface area contributed by atoms with Crippen molar-refractivity contribution in [1.82, 2.24) is 10.3 Å². The minimum atomic E-state index is 0.673. The Morgan fingerprint density at radius 1 is 1.23 bits per heavy atom. The van der Waals surface area contributed by atoms with E-state index in [4.69, 9.17) is 4.74 Å². The molecule has 1 aromatic heterocycles. The molecule has 0 radical (unpaired) electrons. The van der Waals surface area contributed by atoms with Crippen LogP contribution in [0.15, 0.2) is 41.7 Å². The molecule has 0 unspecified atom stereocenters. The molecule has 22 heavy (non-hydrogen) atoms. The number of aryl methyl sites for hydroxylation is 2. The number of nitrogens with one attached hydrogen (secondary N) is 1. The molecule has 1 N–H and O–H groups in total. The largest absolute Gasteiger partial charge is 0.463 e. The van der Waals surface area contributed by atoms with Crippen molar-refractivity contribution in [3.63, 3.8) is 0 Å². The Morgan fingerprint density at radius 3 is 2.91 bits per heavy atom. The second-order valence-corrected chi connectivity index (χ2v) is 5.57. The van der Waals surface area contributed by atoms with Crippen molar-refractivity contribution in [3.05, 3.63) is 53.3 Å². The number of nitrogens with zero attached hydrogens (tertiary/aromatic N) is 2. The summed E-state index contributed by atoms with van der Waals surface area (Å²) >= 11 is 0. The molecule has 0 bridgehead atoms. The molecule has 0 spiro atoms. The number of hydrogen-bond acceptors (Lipinski definition) is 4. The summed E-state index contributed by atoms with van der Waals surface area (Å²) in [5.74, 6) is 0. The Balaban J connectivity index is 1.80. The van der Waals surface area contributed by atoms with Crippen molar-refractivity contribution in [2.24, 2.45) is 4.99 Å². The van der Waals surface area contributed by atoms with Gasteiger partial charge in [-0.2, -0.15) is 0 Å². The van der Waals surface area contributed by atoms with E-state index in [-0.39, 0.29) is 0 Å². The van der Waals surface area contributed by atoms with Crippen molar-refractivity contribution >= 4 is 6.02 Å². The number of aliphatic imine (C=N–C) groups is 1. The minimum Gasteiger partial charge on any atom is -0.463 e. The van der Waals surface area contributed by atoms with E-state index in [2.05, 4.69) is 53.4 Å². The number of benzene rings is 1. The number of ether oxygens (including phenoxy) is 1. The second-order valence-electron chi connectivity index (χ2n) is 5.57. The van der Waals surface area contributed by atoms with Gasteiger partial charge < -0.3 is 10.1 Å². The summed E-state index contributed by atoms with van der Waals surface area (Å²) in [6.45, 7) is 6.48. The molecule has 0 atom stereocenters. The Kier molecular flexibility index (Phi) is 4.37. The van der Waals surface area contributed by atoms with Crippen molar-refractivity contribution in [2.75, 3.05) is 19.7 Å². The first-order chi connectivity index (χ1) is 10.7. The summed E-state index contributed by atoms with van der Waals surface area (Å²) in [5.41, 5.74) is 6.24. The van der Waals surface area contributed by atoms with Crippen LogP contribution in [0.5, 0.6) is 0 Å². The average Bonchev–Trinajstić information content (AvgIpc) is 3.01. The molecule has 0 saturated carbocycles. The first kappa shape index (κ1) is 14.6. The maximum absolute atomic E-state index is 5.37. The number of hydrogen-bond donors (Lipinski definition) is 1. The average molecular weight is 295 g/mol. The van der Waals surface area contributed by atoms with Crippen LogP contribution < -0.4 is 5.32 Å². The summed E-state index contributed by atoms with van der Waals surface area (Å²) < 4.78 is 5.37. The number of amidine groups is 1. The number of pyridine rings is 1. The van der Waals surface area contributed by atoms with Gasteiger partial charge in [-0.15, -0.1) is 0 Å². The Hall–Kier alpha value is -2.36. The van der Waals surface area contributed by atoms with Crippen molar-refractivity contribution < 1.29 is 4.74 Å². The fourth-order valence-corrected chi connectivity index (χ4v) is 2.79. The van der Waals surface area contributed by atoms with Gasteiger partial charge in [-0.1, -0.05) is 18.2 Å². The van der Waals surface area contributed by atoms with E-state index < -0.39 is 0 Å². The van der Waals surface area contributed by atoms with Crippen LogP contribution in [-0.2, 0) is 11.2 Å². The SMILES string of the molecule is Cc1cncc(-c2c(C)cccc2CCNC2=NCCO2)c1. The zero-order valence-corrected chi connectivity index (χ0v) is 13.1. The summed E-state index contributed by atoms with van der Waals surface area (Å²) in [6, 6.07) is 9.31. The van der Waals surface area contributed by atoms with E-state index >= 15 is 0 Å². The van der Waals surface area contributed by atoms with Crippen LogP contribution in [0.2, 0.25) is 0 Å². The molecule has 0 fully saturated rings. The zero-order chi connectivity index (χ0) is 15.4. The molecule has 2 aromatic rings. The molecule has 4 heteroatoms. The molecular formula is C18H21N3O. The van der Waals surface area contributed by atoms with Gasteiger partial charge in [0.1, 0.15) is 6.61 Å². The highest BCUT2D eigenvalue weighted by atomic mass is 16.5. The molecule has 0 aliphatic carbocycles. The highest BCUT2D eigenvalue weighted by Gasteiger charge is 2.10. The fraction of sp³-hybridized carbons (Fsp3) is 0.333. The van der Waals surface area contributed by atoms with Crippen molar-refractivity contribution in [1.29, 1.82) is 0 Å². The smallest absolute Gasteiger partial charge is 0.284 e. The molecular weight excluding hydrogens is 274 g/mol. The molecule has 0 amide bonds. The Labute approximate surface area is 131 Å². The van der Waals surface area contributed by atoms with Crippen LogP contribution in [0, 0.1) is 13.8 Å². The van der Waals surface area contributed by atoms with Crippen molar-refractivity contribution in [2.45, 2.75) is 20.3 Å². The maximum atomic E-state index is 5.37. The third kappa shape index (κ3) is 3.27. The molecule has 2 heterocycles. The lowest BCUT2D eigenvalue weighted by atomic mass is 9.94. The fourth-order valence-electron chi connectivity index (χ4n) is 2.79. The number of aromatic nitrogens is 1. The van der Waals surface area contributed by atoms with Gasteiger partial charge in [0.05, 0.1) is 6.54 Å². The summed E-state index contributed by atoms with van der Waals surface area (Å²) in [6.07, 6.45) is 4.75. The second kappa shape index (κ2) is 6.60. The van der Waals surface area contributed by atoms with Gasteiger partial charge >= 0.3 is 0 Å². The van der Waals surface area contributed by atoms with Gasteiger partial charge in [0.25, 0.3) is 6.02 Å². The first-order valence-electron chi connectivity index (χ1n) is 7.65. The van der Waals surface area contributed by atoms with Gasteiger partial charge in [0.15, 0.2) is 0 Å². The topological polar surface area (TPSA) is 46.5 Å².